The van der Waals surface area contributed by atoms with Crippen LogP contribution in [0.5, 0.6) is 11.5 Å². The summed E-state index contributed by atoms with van der Waals surface area (Å²) in [6.07, 6.45) is 2.83. The van der Waals surface area contributed by atoms with E-state index in [0.717, 1.165) is 0 Å². The van der Waals surface area contributed by atoms with Gasteiger partial charge in [-0.05, 0) is 43.7 Å². The zero-order valence-electron chi connectivity index (χ0n) is 14.2. The highest BCUT2D eigenvalue weighted by Crippen LogP contribution is 2.38. The van der Waals surface area contributed by atoms with Gasteiger partial charge in [0.25, 0.3) is 11.8 Å². The highest BCUT2D eigenvalue weighted by atomic mass is 35.5. The molecule has 0 spiro atoms. The third-order valence-electron chi connectivity index (χ3n) is 3.63. The van der Waals surface area contributed by atoms with Gasteiger partial charge in [-0.1, -0.05) is 11.6 Å². The summed E-state index contributed by atoms with van der Waals surface area (Å²) in [5, 5.41) is 0.404. The lowest BCUT2D eigenvalue weighted by atomic mass is 10.1. The van der Waals surface area contributed by atoms with Crippen molar-refractivity contribution < 1.29 is 23.5 Å². The molecule has 7 nitrogen and oxygen atoms in total. The average Bonchev–Trinajstić information content (AvgIpc) is 2.96. The van der Waals surface area contributed by atoms with Crippen molar-refractivity contribution in [3.63, 3.8) is 0 Å². The van der Waals surface area contributed by atoms with E-state index in [1.54, 1.807) is 38.1 Å². The third kappa shape index (κ3) is 4.00. The molecule has 0 saturated heterocycles. The van der Waals surface area contributed by atoms with Crippen molar-refractivity contribution in [2.75, 3.05) is 13.2 Å². The maximum atomic E-state index is 12.0. The van der Waals surface area contributed by atoms with E-state index in [4.69, 9.17) is 25.5 Å². The van der Waals surface area contributed by atoms with Gasteiger partial charge in [0.15, 0.2) is 11.5 Å². The van der Waals surface area contributed by atoms with Gasteiger partial charge in [0.2, 0.25) is 0 Å². The molecular weight excluding hydrogens is 360 g/mol. The van der Waals surface area contributed by atoms with Gasteiger partial charge >= 0.3 is 0 Å². The molecule has 0 bridgehead atoms. The summed E-state index contributed by atoms with van der Waals surface area (Å²) < 4.78 is 16.2. The number of ether oxygens (including phenoxy) is 2. The zero-order chi connectivity index (χ0) is 18.7. The molecule has 2 aromatic rings. The summed E-state index contributed by atoms with van der Waals surface area (Å²) in [4.78, 5) is 23.9. The molecule has 136 valence electrons. The maximum Gasteiger partial charge on any atom is 0.273 e. The number of halogens is 1. The van der Waals surface area contributed by atoms with Crippen molar-refractivity contribution in [2.45, 2.75) is 13.8 Å². The number of furan rings is 1. The lowest BCUT2D eigenvalue weighted by Crippen LogP contribution is -2.40. The maximum absolute atomic E-state index is 12.0. The first-order valence-corrected chi connectivity index (χ1v) is 8.26. The zero-order valence-corrected chi connectivity index (χ0v) is 15.0. The Morgan fingerprint density at radius 3 is 2.62 bits per heavy atom. The van der Waals surface area contributed by atoms with Crippen LogP contribution in [0.2, 0.25) is 5.02 Å². The summed E-state index contributed by atoms with van der Waals surface area (Å²) in [6.45, 7) is 4.30. The van der Waals surface area contributed by atoms with Gasteiger partial charge in [-0.3, -0.25) is 20.4 Å². The van der Waals surface area contributed by atoms with E-state index in [9.17, 15) is 9.59 Å². The van der Waals surface area contributed by atoms with Gasteiger partial charge in [0.05, 0.1) is 10.6 Å². The van der Waals surface area contributed by atoms with E-state index in [0.29, 0.717) is 52.4 Å². The molecule has 0 fully saturated rings. The van der Waals surface area contributed by atoms with Crippen LogP contribution >= 0.6 is 11.6 Å². The fourth-order valence-corrected chi connectivity index (χ4v) is 2.76. The van der Waals surface area contributed by atoms with Crippen LogP contribution in [-0.2, 0) is 4.79 Å². The Balaban J connectivity index is 1.60. The Labute approximate surface area is 154 Å². The van der Waals surface area contributed by atoms with E-state index in [2.05, 4.69) is 10.9 Å². The van der Waals surface area contributed by atoms with Crippen LogP contribution in [0.3, 0.4) is 0 Å². The quantitative estimate of drug-likeness (QED) is 0.635. The molecule has 0 atom stereocenters. The number of nitrogens with one attached hydrogen (secondary N) is 2. The molecule has 26 heavy (non-hydrogen) atoms. The fourth-order valence-electron chi connectivity index (χ4n) is 2.48. The number of benzene rings is 1. The highest BCUT2D eigenvalue weighted by Gasteiger charge is 2.16. The van der Waals surface area contributed by atoms with Crippen LogP contribution < -0.4 is 20.3 Å². The van der Waals surface area contributed by atoms with Gasteiger partial charge in [-0.25, -0.2) is 0 Å². The van der Waals surface area contributed by atoms with Crippen LogP contribution in [0.4, 0.5) is 0 Å². The Hall–Kier alpha value is -2.93. The highest BCUT2D eigenvalue weighted by molar-refractivity contribution is 6.32. The van der Waals surface area contributed by atoms with Crippen LogP contribution in [0.15, 0.2) is 28.7 Å². The standard InChI is InChI=1S/C18H17ClN2O5/c1-10-7-13(11(2)26-10)18(23)21-20-16(22)4-3-12-8-14(19)17-15(9-12)24-5-6-25-17/h3-4,7-9H,5-6H2,1-2H3,(H,20,22)(H,21,23)/b4-3+. The smallest absolute Gasteiger partial charge is 0.273 e. The predicted octanol–water partition coefficient (Wildman–Crippen LogP) is 2.80. The lowest BCUT2D eigenvalue weighted by Gasteiger charge is -2.19. The van der Waals surface area contributed by atoms with Gasteiger partial charge < -0.3 is 13.9 Å². The molecular formula is C18H17ClN2O5. The second kappa shape index (κ2) is 7.53. The molecule has 2 N–H and O–H groups in total. The normalized spacial score (nSPS) is 12.9. The number of amides is 2. The fraction of sp³-hybridized carbons (Fsp3) is 0.222. The van der Waals surface area contributed by atoms with Gasteiger partial charge in [-0.15, -0.1) is 0 Å². The number of aryl methyl sites for hydroxylation is 2. The Bertz CT molecular complexity index is 888. The number of rotatable bonds is 3. The number of hydrogen-bond donors (Lipinski definition) is 2. The van der Waals surface area contributed by atoms with E-state index < -0.39 is 11.8 Å². The third-order valence-corrected chi connectivity index (χ3v) is 3.91. The van der Waals surface area contributed by atoms with E-state index in [1.165, 1.54) is 6.08 Å². The number of carbonyl (C=O) groups is 2. The Morgan fingerprint density at radius 2 is 1.88 bits per heavy atom. The largest absolute Gasteiger partial charge is 0.486 e. The number of fused-ring (bicyclic) bond motifs is 1. The summed E-state index contributed by atoms with van der Waals surface area (Å²) >= 11 is 6.14. The number of hydrazine groups is 1. The van der Waals surface area contributed by atoms with Crippen LogP contribution in [-0.4, -0.2) is 25.0 Å². The van der Waals surface area contributed by atoms with Crippen molar-refractivity contribution >= 4 is 29.5 Å². The van der Waals surface area contributed by atoms with Crippen molar-refractivity contribution in [1.29, 1.82) is 0 Å². The first kappa shape index (κ1) is 17.9. The van der Waals surface area contributed by atoms with Crippen LogP contribution in [0, 0.1) is 13.8 Å². The van der Waals surface area contributed by atoms with Gasteiger partial charge in [0.1, 0.15) is 24.7 Å². The summed E-state index contributed by atoms with van der Waals surface area (Å²) in [7, 11) is 0. The first-order chi connectivity index (χ1) is 12.4. The molecule has 1 aromatic heterocycles. The lowest BCUT2D eigenvalue weighted by molar-refractivity contribution is -0.117. The Morgan fingerprint density at radius 1 is 1.12 bits per heavy atom. The monoisotopic (exact) mass is 376 g/mol. The Kier molecular flexibility index (Phi) is 5.18. The van der Waals surface area contributed by atoms with E-state index in [-0.39, 0.29) is 0 Å². The molecule has 0 saturated carbocycles. The van der Waals surface area contributed by atoms with Crippen LogP contribution in [0.25, 0.3) is 6.08 Å². The minimum atomic E-state index is -0.498. The SMILES string of the molecule is Cc1cc(C(=O)NNC(=O)/C=C/c2cc(Cl)c3c(c2)OCCO3)c(C)o1. The summed E-state index contributed by atoms with van der Waals surface area (Å²) in [6, 6.07) is 4.99. The van der Waals surface area contributed by atoms with E-state index >= 15 is 0 Å². The molecule has 1 aliphatic rings. The summed E-state index contributed by atoms with van der Waals surface area (Å²) in [5.74, 6) is 1.18. The molecule has 8 heteroatoms. The second-order valence-corrected chi connectivity index (χ2v) is 6.04. The number of carbonyl (C=O) groups excluding carboxylic acids is 2. The molecule has 0 radical (unpaired) electrons. The van der Waals surface area contributed by atoms with Crippen molar-refractivity contribution in [2.24, 2.45) is 0 Å². The van der Waals surface area contributed by atoms with Gasteiger partial charge in [-0.2, -0.15) is 0 Å². The van der Waals surface area contributed by atoms with E-state index in [1.807, 2.05) is 0 Å². The molecule has 3 rings (SSSR count). The minimum Gasteiger partial charge on any atom is -0.486 e. The second-order valence-electron chi connectivity index (χ2n) is 5.63. The van der Waals surface area contributed by atoms with Crippen molar-refractivity contribution in [3.05, 3.63) is 51.9 Å². The molecule has 1 aromatic carbocycles. The molecule has 0 aliphatic carbocycles. The molecule has 0 unspecified atom stereocenters. The average molecular weight is 377 g/mol. The summed E-state index contributed by atoms with van der Waals surface area (Å²) in [5.41, 5.74) is 5.67. The van der Waals surface area contributed by atoms with Crippen molar-refractivity contribution in [1.82, 2.24) is 10.9 Å². The minimum absolute atomic E-state index is 0.366. The van der Waals surface area contributed by atoms with Gasteiger partial charge in [0, 0.05) is 6.08 Å². The predicted molar refractivity (Wildman–Crippen MR) is 95.3 cm³/mol. The number of hydrogen-bond acceptors (Lipinski definition) is 5. The molecule has 2 heterocycles. The first-order valence-electron chi connectivity index (χ1n) is 7.88. The molecule has 2 amide bonds. The topological polar surface area (TPSA) is 89.8 Å². The van der Waals surface area contributed by atoms with Crippen molar-refractivity contribution in [3.8, 4) is 11.5 Å². The van der Waals surface area contributed by atoms with Crippen LogP contribution in [0.1, 0.15) is 27.4 Å². The molecule has 1 aliphatic heterocycles.